The van der Waals surface area contributed by atoms with Gasteiger partial charge in [0.1, 0.15) is 11.9 Å². The number of hydrogen-bond donors (Lipinski definition) is 2. The fourth-order valence-corrected chi connectivity index (χ4v) is 1.91. The lowest BCUT2D eigenvalue weighted by Crippen LogP contribution is -2.29. The number of ether oxygens (including phenoxy) is 2. The molecule has 0 amide bonds. The van der Waals surface area contributed by atoms with Crippen LogP contribution in [0.1, 0.15) is 22.8 Å². The first kappa shape index (κ1) is 14.5. The van der Waals surface area contributed by atoms with Gasteiger partial charge in [-0.2, -0.15) is 0 Å². The summed E-state index contributed by atoms with van der Waals surface area (Å²) in [6, 6.07) is 3.34. The van der Waals surface area contributed by atoms with E-state index in [0.717, 1.165) is 24.0 Å². The lowest BCUT2D eigenvalue weighted by atomic mass is 9.99. The molecule has 0 heterocycles. The van der Waals surface area contributed by atoms with E-state index >= 15 is 0 Å². The van der Waals surface area contributed by atoms with Gasteiger partial charge in [0.2, 0.25) is 0 Å². The molecule has 0 radical (unpaired) electrons. The predicted octanol–water partition coefficient (Wildman–Crippen LogP) is 0.879. The number of carbonyl (C=O) groups is 1. The zero-order valence-electron chi connectivity index (χ0n) is 10.9. The number of hydrogen-bond acceptors (Lipinski definition) is 5. The standard InChI is InChI=1S/C13H18O5/c1-7-5-9(6-8(2)12(7)17-3)10(14)11(15)13(16)18-4/h5-6,10-11,14-15H,1-4H3. The van der Waals surface area contributed by atoms with Crippen molar-refractivity contribution in [1.29, 1.82) is 0 Å². The summed E-state index contributed by atoms with van der Waals surface area (Å²) in [5.74, 6) is -0.146. The molecule has 0 bridgehead atoms. The maximum Gasteiger partial charge on any atom is 0.337 e. The van der Waals surface area contributed by atoms with Gasteiger partial charge in [0.25, 0.3) is 0 Å². The van der Waals surface area contributed by atoms with Crippen LogP contribution in [-0.2, 0) is 9.53 Å². The number of esters is 1. The SMILES string of the molecule is COC(=O)C(O)C(O)c1cc(C)c(OC)c(C)c1. The van der Waals surface area contributed by atoms with E-state index < -0.39 is 18.2 Å². The van der Waals surface area contributed by atoms with Crippen LogP contribution in [0.15, 0.2) is 12.1 Å². The third-order valence-corrected chi connectivity index (χ3v) is 2.77. The van der Waals surface area contributed by atoms with Crippen LogP contribution in [0.5, 0.6) is 5.75 Å². The highest BCUT2D eigenvalue weighted by atomic mass is 16.5. The Labute approximate surface area is 106 Å². The van der Waals surface area contributed by atoms with Crippen molar-refractivity contribution in [3.8, 4) is 5.75 Å². The summed E-state index contributed by atoms with van der Waals surface area (Å²) < 4.78 is 9.59. The van der Waals surface area contributed by atoms with Crippen LogP contribution in [0, 0.1) is 13.8 Å². The molecule has 0 spiro atoms. The van der Waals surface area contributed by atoms with Gasteiger partial charge in [-0.05, 0) is 42.7 Å². The Morgan fingerprint density at radius 3 is 2.06 bits per heavy atom. The van der Waals surface area contributed by atoms with Crippen LogP contribution in [0.2, 0.25) is 0 Å². The molecule has 0 fully saturated rings. The molecule has 1 rings (SSSR count). The normalized spacial score (nSPS) is 13.9. The Hall–Kier alpha value is -1.59. The van der Waals surface area contributed by atoms with E-state index in [2.05, 4.69) is 4.74 Å². The van der Waals surface area contributed by atoms with Gasteiger partial charge in [-0.25, -0.2) is 4.79 Å². The second-order valence-electron chi connectivity index (χ2n) is 4.10. The molecule has 1 aromatic carbocycles. The molecular formula is C13H18O5. The second kappa shape index (κ2) is 5.84. The first-order chi connectivity index (χ1) is 8.42. The zero-order chi connectivity index (χ0) is 13.9. The predicted molar refractivity (Wildman–Crippen MR) is 65.5 cm³/mol. The van der Waals surface area contributed by atoms with Gasteiger partial charge in [-0.3, -0.25) is 0 Å². The summed E-state index contributed by atoms with van der Waals surface area (Å²) in [5.41, 5.74) is 2.09. The van der Waals surface area contributed by atoms with Crippen LogP contribution in [0.4, 0.5) is 0 Å². The van der Waals surface area contributed by atoms with Crippen molar-refractivity contribution in [3.05, 3.63) is 28.8 Å². The lowest BCUT2D eigenvalue weighted by Gasteiger charge is -2.18. The number of aryl methyl sites for hydroxylation is 2. The Morgan fingerprint density at radius 1 is 1.17 bits per heavy atom. The van der Waals surface area contributed by atoms with Crippen LogP contribution in [-0.4, -0.2) is 36.5 Å². The number of methoxy groups -OCH3 is 2. The molecule has 5 heteroatoms. The summed E-state index contributed by atoms with van der Waals surface area (Å²) in [5, 5.41) is 19.5. The highest BCUT2D eigenvalue weighted by Crippen LogP contribution is 2.28. The van der Waals surface area contributed by atoms with E-state index in [1.54, 1.807) is 19.2 Å². The summed E-state index contributed by atoms with van der Waals surface area (Å²) in [4.78, 5) is 11.2. The highest BCUT2D eigenvalue weighted by molar-refractivity contribution is 5.75. The number of benzene rings is 1. The smallest absolute Gasteiger partial charge is 0.337 e. The van der Waals surface area contributed by atoms with Gasteiger partial charge in [0.15, 0.2) is 6.10 Å². The van der Waals surface area contributed by atoms with Crippen molar-refractivity contribution < 1.29 is 24.5 Å². The van der Waals surface area contributed by atoms with E-state index in [4.69, 9.17) is 4.74 Å². The minimum atomic E-state index is -1.60. The number of aliphatic hydroxyl groups is 2. The molecule has 2 atom stereocenters. The quantitative estimate of drug-likeness (QED) is 0.780. The van der Waals surface area contributed by atoms with Crippen molar-refractivity contribution in [3.63, 3.8) is 0 Å². The summed E-state index contributed by atoms with van der Waals surface area (Å²) in [6.07, 6.45) is -2.91. The Morgan fingerprint density at radius 2 is 1.67 bits per heavy atom. The van der Waals surface area contributed by atoms with Crippen molar-refractivity contribution in [2.24, 2.45) is 0 Å². The van der Waals surface area contributed by atoms with Gasteiger partial charge in [0.05, 0.1) is 14.2 Å². The topological polar surface area (TPSA) is 76.0 Å². The highest BCUT2D eigenvalue weighted by Gasteiger charge is 2.27. The number of aliphatic hydroxyl groups excluding tert-OH is 2. The third kappa shape index (κ3) is 2.80. The monoisotopic (exact) mass is 254 g/mol. The van der Waals surface area contributed by atoms with Gasteiger partial charge in [0, 0.05) is 0 Å². The molecule has 0 aliphatic heterocycles. The molecule has 18 heavy (non-hydrogen) atoms. The van der Waals surface area contributed by atoms with E-state index in [1.807, 2.05) is 13.8 Å². The first-order valence-corrected chi connectivity index (χ1v) is 5.51. The molecule has 1 aromatic rings. The van der Waals surface area contributed by atoms with Crippen LogP contribution < -0.4 is 4.74 Å². The van der Waals surface area contributed by atoms with Gasteiger partial charge in [-0.1, -0.05) is 0 Å². The van der Waals surface area contributed by atoms with Gasteiger partial charge >= 0.3 is 5.97 Å². The molecule has 0 aliphatic rings. The summed E-state index contributed by atoms with van der Waals surface area (Å²) in [6.45, 7) is 3.65. The number of carbonyl (C=O) groups excluding carboxylic acids is 1. The maximum absolute atomic E-state index is 11.2. The van der Waals surface area contributed by atoms with Crippen molar-refractivity contribution >= 4 is 5.97 Å². The molecule has 0 saturated heterocycles. The van der Waals surface area contributed by atoms with Crippen LogP contribution in [0.25, 0.3) is 0 Å². The lowest BCUT2D eigenvalue weighted by molar-refractivity contribution is -0.156. The Bertz CT molecular complexity index is 418. The first-order valence-electron chi connectivity index (χ1n) is 5.51. The molecule has 0 saturated carbocycles. The summed E-state index contributed by atoms with van der Waals surface area (Å²) >= 11 is 0. The van der Waals surface area contributed by atoms with Crippen molar-refractivity contribution in [1.82, 2.24) is 0 Å². The molecule has 5 nitrogen and oxygen atoms in total. The largest absolute Gasteiger partial charge is 0.496 e. The van der Waals surface area contributed by atoms with Crippen molar-refractivity contribution in [2.75, 3.05) is 14.2 Å². The van der Waals surface area contributed by atoms with Gasteiger partial charge < -0.3 is 19.7 Å². The average molecular weight is 254 g/mol. The fraction of sp³-hybridized carbons (Fsp3) is 0.462. The van der Waals surface area contributed by atoms with E-state index in [0.29, 0.717) is 5.56 Å². The van der Waals surface area contributed by atoms with Gasteiger partial charge in [-0.15, -0.1) is 0 Å². The molecule has 0 aromatic heterocycles. The molecule has 2 N–H and O–H groups in total. The molecule has 2 unspecified atom stereocenters. The zero-order valence-corrected chi connectivity index (χ0v) is 10.9. The van der Waals surface area contributed by atoms with E-state index in [9.17, 15) is 15.0 Å². The van der Waals surface area contributed by atoms with E-state index in [-0.39, 0.29) is 0 Å². The average Bonchev–Trinajstić information content (AvgIpc) is 2.35. The van der Waals surface area contributed by atoms with Crippen LogP contribution in [0.3, 0.4) is 0 Å². The molecule has 100 valence electrons. The third-order valence-electron chi connectivity index (χ3n) is 2.77. The Balaban J connectivity index is 3.07. The second-order valence-corrected chi connectivity index (χ2v) is 4.10. The number of rotatable bonds is 4. The maximum atomic E-state index is 11.2. The van der Waals surface area contributed by atoms with E-state index in [1.165, 1.54) is 0 Å². The molecular weight excluding hydrogens is 236 g/mol. The summed E-state index contributed by atoms with van der Waals surface area (Å²) in [7, 11) is 2.72. The Kier molecular flexibility index (Phi) is 4.69. The minimum absolute atomic E-state index is 0.448. The van der Waals surface area contributed by atoms with Crippen LogP contribution >= 0.6 is 0 Å². The fourth-order valence-electron chi connectivity index (χ4n) is 1.91. The minimum Gasteiger partial charge on any atom is -0.496 e. The van der Waals surface area contributed by atoms with Crippen molar-refractivity contribution in [2.45, 2.75) is 26.1 Å². The molecule has 0 aliphatic carbocycles.